The lowest BCUT2D eigenvalue weighted by atomic mass is 9.83. The van der Waals surface area contributed by atoms with Gasteiger partial charge in [-0.2, -0.15) is 0 Å². The maximum absolute atomic E-state index is 3.82. The van der Waals surface area contributed by atoms with Gasteiger partial charge in [-0.1, -0.05) is 50.6 Å². The predicted molar refractivity (Wildman–Crippen MR) is 89.3 cm³/mol. The lowest BCUT2D eigenvalue weighted by molar-refractivity contribution is 0.0449. The first-order valence-corrected chi connectivity index (χ1v) is 8.46. The van der Waals surface area contributed by atoms with Crippen LogP contribution < -0.4 is 5.32 Å². The fraction of sp³-hybridized carbons (Fsp3) is 0.684. The van der Waals surface area contributed by atoms with Crippen LogP contribution in [0.2, 0.25) is 0 Å². The van der Waals surface area contributed by atoms with E-state index in [0.29, 0.717) is 17.5 Å². The third kappa shape index (κ3) is 3.67. The number of hydrogen-bond acceptors (Lipinski definition) is 2. The molecule has 2 atom stereocenters. The van der Waals surface area contributed by atoms with Crippen LogP contribution in [0, 0.1) is 18.3 Å². The molecule has 3 rings (SSSR count). The second kappa shape index (κ2) is 5.73. The van der Waals surface area contributed by atoms with Crippen molar-refractivity contribution in [2.24, 2.45) is 11.3 Å². The topological polar surface area (TPSA) is 15.3 Å². The molecule has 1 aromatic rings. The van der Waals surface area contributed by atoms with E-state index in [9.17, 15) is 0 Å². The maximum atomic E-state index is 3.82. The predicted octanol–water partition coefficient (Wildman–Crippen LogP) is 3.59. The summed E-state index contributed by atoms with van der Waals surface area (Å²) in [7, 11) is 0. The monoisotopic (exact) mass is 286 g/mol. The molecule has 1 aliphatic carbocycles. The quantitative estimate of drug-likeness (QED) is 0.913. The number of benzene rings is 1. The van der Waals surface area contributed by atoms with Crippen molar-refractivity contribution >= 4 is 0 Å². The molecule has 1 heterocycles. The van der Waals surface area contributed by atoms with Gasteiger partial charge in [0.15, 0.2) is 0 Å². The van der Waals surface area contributed by atoms with Crippen molar-refractivity contribution in [3.63, 3.8) is 0 Å². The molecule has 0 bridgehead atoms. The molecule has 1 N–H and O–H groups in total. The van der Waals surface area contributed by atoms with Crippen molar-refractivity contribution in [3.05, 3.63) is 35.4 Å². The Hall–Kier alpha value is -0.860. The minimum Gasteiger partial charge on any atom is -0.311 e. The van der Waals surface area contributed by atoms with Gasteiger partial charge in [0.25, 0.3) is 0 Å². The Morgan fingerprint density at radius 1 is 1.24 bits per heavy atom. The molecule has 1 saturated heterocycles. The number of rotatable bonds is 3. The normalized spacial score (nSPS) is 27.8. The Kier molecular flexibility index (Phi) is 4.11. The first-order chi connectivity index (χ1) is 9.93. The Balaban J connectivity index is 1.75. The average Bonchev–Trinajstić information content (AvgIpc) is 3.21. The van der Waals surface area contributed by atoms with E-state index < -0.39 is 0 Å². The van der Waals surface area contributed by atoms with Gasteiger partial charge in [-0.15, -0.1) is 0 Å². The molecule has 0 spiro atoms. The lowest BCUT2D eigenvalue weighted by Crippen LogP contribution is -2.60. The summed E-state index contributed by atoms with van der Waals surface area (Å²) in [5.74, 6) is 0.936. The van der Waals surface area contributed by atoms with Gasteiger partial charge in [-0.3, -0.25) is 4.90 Å². The number of hydrogen-bond donors (Lipinski definition) is 1. The lowest BCUT2D eigenvalue weighted by Gasteiger charge is -2.46. The Bertz CT molecular complexity index is 485. The van der Waals surface area contributed by atoms with E-state index >= 15 is 0 Å². The van der Waals surface area contributed by atoms with Gasteiger partial charge in [-0.25, -0.2) is 0 Å². The van der Waals surface area contributed by atoms with Crippen LogP contribution in [0.15, 0.2) is 24.3 Å². The Labute approximate surface area is 129 Å². The molecule has 0 radical (unpaired) electrons. The van der Waals surface area contributed by atoms with Crippen molar-refractivity contribution in [1.29, 1.82) is 0 Å². The molecular weight excluding hydrogens is 256 g/mol. The van der Waals surface area contributed by atoms with E-state index in [2.05, 4.69) is 62.2 Å². The molecule has 2 aliphatic rings. The standard InChI is InChI=1S/C19H30N2/c1-14-6-5-7-15(10-14)12-21-13-17(16-8-9-16)20-11-18(21)19(2,3)4/h5-7,10,16-18,20H,8-9,11-13H2,1-4H3. The van der Waals surface area contributed by atoms with Crippen LogP contribution in [0.3, 0.4) is 0 Å². The molecule has 2 fully saturated rings. The summed E-state index contributed by atoms with van der Waals surface area (Å²) in [6.45, 7) is 12.8. The molecule has 21 heavy (non-hydrogen) atoms. The summed E-state index contributed by atoms with van der Waals surface area (Å²) >= 11 is 0. The third-order valence-electron chi connectivity index (χ3n) is 5.10. The van der Waals surface area contributed by atoms with Gasteiger partial charge in [0.1, 0.15) is 0 Å². The van der Waals surface area contributed by atoms with Crippen molar-refractivity contribution in [2.45, 2.75) is 59.2 Å². The van der Waals surface area contributed by atoms with Crippen LogP contribution in [0.1, 0.15) is 44.7 Å². The van der Waals surface area contributed by atoms with Crippen molar-refractivity contribution < 1.29 is 0 Å². The van der Waals surface area contributed by atoms with Crippen LogP contribution in [-0.4, -0.2) is 30.1 Å². The van der Waals surface area contributed by atoms with Crippen LogP contribution in [0.25, 0.3) is 0 Å². The maximum Gasteiger partial charge on any atom is 0.0273 e. The van der Waals surface area contributed by atoms with Gasteiger partial charge in [-0.05, 0) is 36.7 Å². The summed E-state index contributed by atoms with van der Waals surface area (Å²) in [6, 6.07) is 10.3. The zero-order valence-corrected chi connectivity index (χ0v) is 14.0. The highest BCUT2D eigenvalue weighted by Crippen LogP contribution is 2.36. The molecule has 116 valence electrons. The van der Waals surface area contributed by atoms with Crippen molar-refractivity contribution in [2.75, 3.05) is 13.1 Å². The van der Waals surface area contributed by atoms with Gasteiger partial charge >= 0.3 is 0 Å². The van der Waals surface area contributed by atoms with Gasteiger partial charge < -0.3 is 5.32 Å². The van der Waals surface area contributed by atoms with Crippen LogP contribution in [-0.2, 0) is 6.54 Å². The fourth-order valence-electron chi connectivity index (χ4n) is 3.72. The van der Waals surface area contributed by atoms with Gasteiger partial charge in [0.2, 0.25) is 0 Å². The second-order valence-electron chi connectivity index (χ2n) is 8.15. The van der Waals surface area contributed by atoms with Crippen molar-refractivity contribution in [3.8, 4) is 0 Å². The Morgan fingerprint density at radius 2 is 2.00 bits per heavy atom. The smallest absolute Gasteiger partial charge is 0.0273 e. The third-order valence-corrected chi connectivity index (χ3v) is 5.10. The zero-order chi connectivity index (χ0) is 15.0. The number of aryl methyl sites for hydroxylation is 1. The SMILES string of the molecule is Cc1cccc(CN2CC(C3CC3)NCC2C(C)(C)C)c1. The van der Waals surface area contributed by atoms with E-state index in [1.807, 2.05) is 0 Å². The largest absolute Gasteiger partial charge is 0.311 e. The summed E-state index contributed by atoms with van der Waals surface area (Å²) in [5, 5.41) is 3.82. The minimum atomic E-state index is 0.325. The summed E-state index contributed by atoms with van der Waals surface area (Å²) < 4.78 is 0. The second-order valence-corrected chi connectivity index (χ2v) is 8.15. The van der Waals surface area contributed by atoms with E-state index in [1.54, 1.807) is 0 Å². The average molecular weight is 286 g/mol. The van der Waals surface area contributed by atoms with Crippen molar-refractivity contribution in [1.82, 2.24) is 10.2 Å². The highest BCUT2D eigenvalue weighted by molar-refractivity contribution is 5.22. The summed E-state index contributed by atoms with van der Waals surface area (Å²) in [5.41, 5.74) is 3.15. The molecule has 2 nitrogen and oxygen atoms in total. The molecule has 0 amide bonds. The summed E-state index contributed by atoms with van der Waals surface area (Å²) in [4.78, 5) is 2.73. The van der Waals surface area contributed by atoms with E-state index in [1.165, 1.54) is 30.5 Å². The molecule has 1 aliphatic heterocycles. The summed E-state index contributed by atoms with van der Waals surface area (Å²) in [6.07, 6.45) is 2.85. The number of piperazine rings is 1. The molecule has 2 heteroatoms. The molecule has 0 aromatic heterocycles. The van der Waals surface area contributed by atoms with E-state index in [0.717, 1.165) is 19.0 Å². The van der Waals surface area contributed by atoms with Gasteiger partial charge in [0.05, 0.1) is 0 Å². The molecule has 1 saturated carbocycles. The molecule has 1 aromatic carbocycles. The fourth-order valence-corrected chi connectivity index (χ4v) is 3.72. The van der Waals surface area contributed by atoms with E-state index in [4.69, 9.17) is 0 Å². The van der Waals surface area contributed by atoms with E-state index in [-0.39, 0.29) is 0 Å². The molecule has 2 unspecified atom stereocenters. The number of nitrogens with one attached hydrogen (secondary N) is 1. The Morgan fingerprint density at radius 3 is 2.62 bits per heavy atom. The highest BCUT2D eigenvalue weighted by Gasteiger charge is 2.40. The van der Waals surface area contributed by atoms with Crippen LogP contribution in [0.4, 0.5) is 0 Å². The first kappa shape index (κ1) is 15.1. The number of nitrogens with zero attached hydrogens (tertiary/aromatic N) is 1. The minimum absolute atomic E-state index is 0.325. The van der Waals surface area contributed by atoms with Crippen LogP contribution >= 0.6 is 0 Å². The first-order valence-electron chi connectivity index (χ1n) is 8.46. The van der Waals surface area contributed by atoms with Gasteiger partial charge in [0, 0.05) is 31.7 Å². The molecular formula is C19H30N2. The zero-order valence-electron chi connectivity index (χ0n) is 14.0. The highest BCUT2D eigenvalue weighted by atomic mass is 15.2. The van der Waals surface area contributed by atoms with Crippen LogP contribution in [0.5, 0.6) is 0 Å².